The maximum Gasteiger partial charge on any atom is 0.411 e. The molecular weight excluding hydrogens is 272 g/mol. The van der Waals surface area contributed by atoms with Crippen LogP contribution in [0.15, 0.2) is 53.1 Å². The van der Waals surface area contributed by atoms with Crippen LogP contribution in [0.5, 0.6) is 5.75 Å². The molecule has 106 valence electrons. The van der Waals surface area contributed by atoms with Gasteiger partial charge < -0.3 is 14.4 Å². The average Bonchev–Trinajstić information content (AvgIpc) is 2.88. The van der Waals surface area contributed by atoms with Gasteiger partial charge in [0.15, 0.2) is 0 Å². The molecule has 0 fully saturated rings. The fourth-order valence-electron chi connectivity index (χ4n) is 1.94. The highest BCUT2D eigenvalue weighted by Gasteiger charge is 2.11. The molecule has 0 aliphatic carbocycles. The van der Waals surface area contributed by atoms with Gasteiger partial charge in [0, 0.05) is 6.07 Å². The van der Waals surface area contributed by atoms with Gasteiger partial charge in [-0.1, -0.05) is 35.5 Å². The summed E-state index contributed by atoms with van der Waals surface area (Å²) in [5, 5.41) is 15.2. The third kappa shape index (κ3) is 2.94. The number of nitrogens with one attached hydrogen (secondary N) is 1. The molecule has 0 saturated heterocycles. The number of carbonyl (C=O) groups is 1. The summed E-state index contributed by atoms with van der Waals surface area (Å²) in [5.74, 6) is 0.744. The monoisotopic (exact) mass is 284 g/mol. The van der Waals surface area contributed by atoms with Crippen LogP contribution < -0.4 is 10.1 Å². The molecule has 3 aromatic rings. The van der Waals surface area contributed by atoms with Crippen molar-refractivity contribution in [3.05, 3.63) is 54.1 Å². The lowest BCUT2D eigenvalue weighted by Gasteiger charge is -2.05. The molecule has 0 saturated carbocycles. The number of hydrogen-bond donors (Lipinski definition) is 2. The minimum Gasteiger partial charge on any atom is -0.489 e. The predicted octanol–water partition coefficient (Wildman–Crippen LogP) is 3.50. The van der Waals surface area contributed by atoms with Crippen molar-refractivity contribution in [1.29, 1.82) is 0 Å². The van der Waals surface area contributed by atoms with E-state index in [2.05, 4.69) is 10.5 Å². The second kappa shape index (κ2) is 5.54. The van der Waals surface area contributed by atoms with Crippen LogP contribution in [0.25, 0.3) is 10.9 Å². The van der Waals surface area contributed by atoms with Crippen molar-refractivity contribution in [1.82, 2.24) is 5.16 Å². The van der Waals surface area contributed by atoms with Gasteiger partial charge in [0.2, 0.25) is 5.88 Å². The molecule has 6 nitrogen and oxygen atoms in total. The van der Waals surface area contributed by atoms with E-state index < -0.39 is 6.09 Å². The fourth-order valence-corrected chi connectivity index (χ4v) is 1.94. The number of benzene rings is 2. The minimum atomic E-state index is -1.20. The van der Waals surface area contributed by atoms with E-state index in [0.717, 1.165) is 5.56 Å². The average molecular weight is 284 g/mol. The molecule has 6 heteroatoms. The van der Waals surface area contributed by atoms with Gasteiger partial charge in [-0.15, -0.1) is 0 Å². The van der Waals surface area contributed by atoms with Crippen molar-refractivity contribution < 1.29 is 19.2 Å². The molecule has 0 atom stereocenters. The number of amides is 1. The van der Waals surface area contributed by atoms with E-state index in [9.17, 15) is 4.79 Å². The Morgan fingerprint density at radius 1 is 1.24 bits per heavy atom. The standard InChI is InChI=1S/C15H12N2O4/c18-15(19)16-14-12-7-6-11(8-13(12)17-21-14)20-9-10-4-2-1-3-5-10/h1-8,16H,9H2,(H,18,19). The Kier molecular flexibility index (Phi) is 3.42. The summed E-state index contributed by atoms with van der Waals surface area (Å²) in [7, 11) is 0. The van der Waals surface area contributed by atoms with Gasteiger partial charge in [0.25, 0.3) is 0 Å². The zero-order valence-corrected chi connectivity index (χ0v) is 10.9. The second-order valence-electron chi connectivity index (χ2n) is 4.40. The maximum absolute atomic E-state index is 10.6. The van der Waals surface area contributed by atoms with Crippen LogP contribution in [-0.4, -0.2) is 16.4 Å². The Bertz CT molecular complexity index is 768. The first kappa shape index (κ1) is 13.0. The quantitative estimate of drug-likeness (QED) is 0.766. The van der Waals surface area contributed by atoms with Gasteiger partial charge in [-0.2, -0.15) is 0 Å². The fraction of sp³-hybridized carbons (Fsp3) is 0.0667. The van der Waals surface area contributed by atoms with Crippen molar-refractivity contribution in [3.63, 3.8) is 0 Å². The lowest BCUT2D eigenvalue weighted by atomic mass is 10.2. The van der Waals surface area contributed by atoms with E-state index in [-0.39, 0.29) is 5.88 Å². The Morgan fingerprint density at radius 2 is 2.05 bits per heavy atom. The number of rotatable bonds is 4. The van der Waals surface area contributed by atoms with E-state index >= 15 is 0 Å². The molecule has 0 radical (unpaired) electrons. The van der Waals surface area contributed by atoms with Crippen molar-refractivity contribution in [2.24, 2.45) is 0 Å². The summed E-state index contributed by atoms with van der Waals surface area (Å²) in [6.45, 7) is 0.449. The number of nitrogens with zero attached hydrogens (tertiary/aromatic N) is 1. The van der Waals surface area contributed by atoms with Crippen molar-refractivity contribution >= 4 is 22.9 Å². The number of carboxylic acid groups (broad SMARTS) is 1. The number of ether oxygens (including phenoxy) is 1. The minimum absolute atomic E-state index is 0.104. The van der Waals surface area contributed by atoms with Crippen LogP contribution >= 0.6 is 0 Å². The van der Waals surface area contributed by atoms with E-state index in [1.807, 2.05) is 30.3 Å². The van der Waals surface area contributed by atoms with Crippen LogP contribution in [0.4, 0.5) is 10.7 Å². The summed E-state index contributed by atoms with van der Waals surface area (Å²) in [6.07, 6.45) is -1.20. The summed E-state index contributed by atoms with van der Waals surface area (Å²) >= 11 is 0. The summed E-state index contributed by atoms with van der Waals surface area (Å²) in [6, 6.07) is 14.9. The van der Waals surface area contributed by atoms with E-state index in [1.54, 1.807) is 18.2 Å². The zero-order chi connectivity index (χ0) is 14.7. The highest BCUT2D eigenvalue weighted by molar-refractivity contribution is 5.95. The Balaban J connectivity index is 1.77. The second-order valence-corrected chi connectivity index (χ2v) is 4.40. The normalized spacial score (nSPS) is 10.5. The molecule has 3 rings (SSSR count). The SMILES string of the molecule is O=C(O)Nc1onc2cc(OCc3ccccc3)ccc12. The van der Waals surface area contributed by atoms with Crippen molar-refractivity contribution in [3.8, 4) is 5.75 Å². The van der Waals surface area contributed by atoms with Crippen LogP contribution in [-0.2, 0) is 6.61 Å². The van der Waals surface area contributed by atoms with E-state index in [0.29, 0.717) is 23.3 Å². The Labute approximate surface area is 119 Å². The van der Waals surface area contributed by atoms with Crippen molar-refractivity contribution in [2.45, 2.75) is 6.61 Å². The van der Waals surface area contributed by atoms with E-state index in [1.165, 1.54) is 0 Å². The summed E-state index contributed by atoms with van der Waals surface area (Å²) < 4.78 is 10.6. The first-order valence-electron chi connectivity index (χ1n) is 6.28. The number of aromatic nitrogens is 1. The molecule has 1 amide bonds. The van der Waals surface area contributed by atoms with Gasteiger partial charge in [0.05, 0.1) is 5.39 Å². The van der Waals surface area contributed by atoms with Gasteiger partial charge in [0.1, 0.15) is 17.9 Å². The van der Waals surface area contributed by atoms with Crippen LogP contribution in [0.1, 0.15) is 5.56 Å². The molecule has 0 aliphatic heterocycles. The third-order valence-electron chi connectivity index (χ3n) is 2.92. The number of fused-ring (bicyclic) bond motifs is 1. The van der Waals surface area contributed by atoms with Gasteiger partial charge >= 0.3 is 6.09 Å². The van der Waals surface area contributed by atoms with E-state index in [4.69, 9.17) is 14.4 Å². The van der Waals surface area contributed by atoms with Crippen LogP contribution in [0.2, 0.25) is 0 Å². The van der Waals surface area contributed by atoms with Crippen LogP contribution in [0, 0.1) is 0 Å². The molecule has 2 aromatic carbocycles. The molecule has 1 aromatic heterocycles. The largest absolute Gasteiger partial charge is 0.489 e. The molecule has 1 heterocycles. The van der Waals surface area contributed by atoms with Gasteiger partial charge in [-0.25, -0.2) is 4.79 Å². The Morgan fingerprint density at radius 3 is 2.81 bits per heavy atom. The molecule has 0 aliphatic rings. The molecule has 2 N–H and O–H groups in total. The summed E-state index contributed by atoms with van der Waals surface area (Å²) in [4.78, 5) is 10.6. The van der Waals surface area contributed by atoms with Crippen LogP contribution in [0.3, 0.4) is 0 Å². The predicted molar refractivity (Wildman–Crippen MR) is 76.4 cm³/mol. The molecular formula is C15H12N2O4. The maximum atomic E-state index is 10.6. The topological polar surface area (TPSA) is 84.6 Å². The number of anilines is 1. The Hall–Kier alpha value is -3.02. The molecule has 0 unspecified atom stereocenters. The molecule has 0 spiro atoms. The highest BCUT2D eigenvalue weighted by atomic mass is 16.5. The van der Waals surface area contributed by atoms with Gasteiger partial charge in [-0.3, -0.25) is 5.32 Å². The first-order valence-corrected chi connectivity index (χ1v) is 6.28. The van der Waals surface area contributed by atoms with Gasteiger partial charge in [-0.05, 0) is 17.7 Å². The smallest absolute Gasteiger partial charge is 0.411 e. The summed E-state index contributed by atoms with van der Waals surface area (Å²) in [5.41, 5.74) is 1.59. The number of hydrogen-bond acceptors (Lipinski definition) is 4. The third-order valence-corrected chi connectivity index (χ3v) is 2.92. The molecule has 0 bridgehead atoms. The molecule has 21 heavy (non-hydrogen) atoms. The lowest BCUT2D eigenvalue weighted by molar-refractivity contribution is 0.209. The lowest BCUT2D eigenvalue weighted by Crippen LogP contribution is -2.06. The first-order chi connectivity index (χ1) is 10.2. The van der Waals surface area contributed by atoms with Crippen molar-refractivity contribution in [2.75, 3.05) is 5.32 Å². The zero-order valence-electron chi connectivity index (χ0n) is 10.9. The highest BCUT2D eigenvalue weighted by Crippen LogP contribution is 2.27.